The van der Waals surface area contributed by atoms with Gasteiger partial charge in [0.05, 0.1) is 25.5 Å². The van der Waals surface area contributed by atoms with E-state index in [0.717, 1.165) is 0 Å². The molecule has 0 aliphatic heterocycles. The summed E-state index contributed by atoms with van der Waals surface area (Å²) in [4.78, 5) is 19.5. The minimum atomic E-state index is -0.585. The molecule has 0 spiro atoms. The van der Waals surface area contributed by atoms with Crippen LogP contribution in [0.25, 0.3) is 0 Å². The van der Waals surface area contributed by atoms with Gasteiger partial charge in [0.15, 0.2) is 5.76 Å². The van der Waals surface area contributed by atoms with Gasteiger partial charge >= 0.3 is 0 Å². The number of ether oxygens (including phenoxy) is 1. The molecular weight excluding hydrogens is 296 g/mol. The summed E-state index contributed by atoms with van der Waals surface area (Å²) in [5.41, 5.74) is 5.15. The van der Waals surface area contributed by atoms with Crippen LogP contribution < -0.4 is 15.8 Å². The smallest absolute Gasteiger partial charge is 0.284 e. The zero-order valence-electron chi connectivity index (χ0n) is 12.8. The van der Waals surface area contributed by atoms with Gasteiger partial charge in [0, 0.05) is 0 Å². The molecule has 122 valence electrons. The number of hydrogen-bond donors (Lipinski definition) is 2. The lowest BCUT2D eigenvalue weighted by Crippen LogP contribution is -2.10. The summed E-state index contributed by atoms with van der Waals surface area (Å²) in [6.07, 6.45) is 8.26. The second-order valence-corrected chi connectivity index (χ2v) is 5.69. The van der Waals surface area contributed by atoms with E-state index in [1.807, 2.05) is 0 Å². The fourth-order valence-electron chi connectivity index (χ4n) is 2.67. The maximum absolute atomic E-state index is 11.0. The molecule has 2 aromatic rings. The Morgan fingerprint density at radius 2 is 2.17 bits per heavy atom. The monoisotopic (exact) mass is 316 g/mol. The van der Waals surface area contributed by atoms with Crippen LogP contribution in [0, 0.1) is 5.92 Å². The number of primary amides is 1. The van der Waals surface area contributed by atoms with E-state index in [2.05, 4.69) is 15.3 Å². The van der Waals surface area contributed by atoms with Gasteiger partial charge in [-0.1, -0.05) is 12.8 Å². The van der Waals surface area contributed by atoms with E-state index >= 15 is 0 Å². The van der Waals surface area contributed by atoms with Crippen molar-refractivity contribution in [2.75, 3.05) is 11.9 Å². The minimum absolute atomic E-state index is 0.140. The number of aromatic nitrogens is 2. The third-order valence-electron chi connectivity index (χ3n) is 3.90. The summed E-state index contributed by atoms with van der Waals surface area (Å²) >= 11 is 0. The van der Waals surface area contributed by atoms with Crippen LogP contribution in [-0.4, -0.2) is 22.5 Å². The van der Waals surface area contributed by atoms with Gasteiger partial charge in [-0.15, -0.1) is 0 Å². The summed E-state index contributed by atoms with van der Waals surface area (Å²) in [5.74, 6) is 1.88. The highest BCUT2D eigenvalue weighted by molar-refractivity contribution is 5.89. The van der Waals surface area contributed by atoms with Crippen LogP contribution in [0.15, 0.2) is 28.9 Å². The Balaban J connectivity index is 1.53. The summed E-state index contributed by atoms with van der Waals surface area (Å²) in [6, 6.07) is 3.24. The van der Waals surface area contributed by atoms with Crippen molar-refractivity contribution in [1.29, 1.82) is 0 Å². The fraction of sp³-hybridized carbons (Fsp3) is 0.438. The van der Waals surface area contributed by atoms with Crippen molar-refractivity contribution in [3.63, 3.8) is 0 Å². The van der Waals surface area contributed by atoms with Crippen LogP contribution in [0.3, 0.4) is 0 Å². The Morgan fingerprint density at radius 1 is 1.35 bits per heavy atom. The average molecular weight is 316 g/mol. The van der Waals surface area contributed by atoms with Gasteiger partial charge < -0.3 is 20.2 Å². The molecule has 1 amide bonds. The zero-order valence-corrected chi connectivity index (χ0v) is 12.8. The van der Waals surface area contributed by atoms with Crippen molar-refractivity contribution in [1.82, 2.24) is 9.97 Å². The molecule has 1 fully saturated rings. The Hall–Kier alpha value is -2.57. The molecule has 1 aliphatic carbocycles. The molecule has 0 bridgehead atoms. The lowest BCUT2D eigenvalue weighted by molar-refractivity contribution is 0.0972. The first kappa shape index (κ1) is 15.3. The molecule has 0 atom stereocenters. The average Bonchev–Trinajstić information content (AvgIpc) is 3.23. The van der Waals surface area contributed by atoms with Crippen molar-refractivity contribution in [2.24, 2.45) is 11.7 Å². The third kappa shape index (κ3) is 4.21. The third-order valence-corrected chi connectivity index (χ3v) is 3.90. The molecule has 7 nitrogen and oxygen atoms in total. The standard InChI is InChI=1S/C16H20N4O3/c17-16(21)13-6-5-12(23-13)7-19-14-8-18-9-15(20-14)22-10-11-3-1-2-4-11/h5-6,8-9,11H,1-4,7,10H2,(H2,17,21)(H,19,20). The van der Waals surface area contributed by atoms with Gasteiger partial charge in [-0.2, -0.15) is 4.98 Å². The van der Waals surface area contributed by atoms with E-state index in [1.165, 1.54) is 25.7 Å². The summed E-state index contributed by atoms with van der Waals surface area (Å²) in [7, 11) is 0. The van der Waals surface area contributed by atoms with Crippen molar-refractivity contribution >= 4 is 11.7 Å². The number of nitrogens with one attached hydrogen (secondary N) is 1. The molecule has 0 saturated heterocycles. The van der Waals surface area contributed by atoms with Gasteiger partial charge in [0.2, 0.25) is 5.88 Å². The number of carbonyl (C=O) groups is 1. The molecular formula is C16H20N4O3. The lowest BCUT2D eigenvalue weighted by Gasteiger charge is -2.11. The lowest BCUT2D eigenvalue weighted by atomic mass is 10.1. The molecule has 1 aliphatic rings. The number of hydrogen-bond acceptors (Lipinski definition) is 6. The van der Waals surface area contributed by atoms with Crippen molar-refractivity contribution in [3.05, 3.63) is 36.0 Å². The van der Waals surface area contributed by atoms with Gasteiger partial charge in [-0.3, -0.25) is 9.78 Å². The van der Waals surface area contributed by atoms with Crippen LogP contribution in [-0.2, 0) is 6.54 Å². The maximum atomic E-state index is 11.0. The van der Waals surface area contributed by atoms with Crippen LogP contribution in [0.1, 0.15) is 42.0 Å². The largest absolute Gasteiger partial charge is 0.476 e. The maximum Gasteiger partial charge on any atom is 0.284 e. The molecule has 3 rings (SSSR count). The normalized spacial score (nSPS) is 14.8. The Bertz CT molecular complexity index is 665. The second-order valence-electron chi connectivity index (χ2n) is 5.69. The Labute approximate surface area is 134 Å². The number of carbonyl (C=O) groups excluding carboxylic acids is 1. The van der Waals surface area contributed by atoms with Crippen LogP contribution in [0.4, 0.5) is 5.82 Å². The predicted molar refractivity (Wildman–Crippen MR) is 84.0 cm³/mol. The fourth-order valence-corrected chi connectivity index (χ4v) is 2.67. The zero-order chi connectivity index (χ0) is 16.1. The molecule has 0 unspecified atom stereocenters. The highest BCUT2D eigenvalue weighted by Crippen LogP contribution is 2.25. The first-order valence-electron chi connectivity index (χ1n) is 7.78. The van der Waals surface area contributed by atoms with E-state index in [1.54, 1.807) is 24.5 Å². The van der Waals surface area contributed by atoms with Crippen LogP contribution in [0.5, 0.6) is 5.88 Å². The number of nitrogens with two attached hydrogens (primary N) is 1. The van der Waals surface area contributed by atoms with E-state index in [9.17, 15) is 4.79 Å². The van der Waals surface area contributed by atoms with Crippen molar-refractivity contribution in [2.45, 2.75) is 32.2 Å². The molecule has 0 radical (unpaired) electrons. The first-order valence-corrected chi connectivity index (χ1v) is 7.78. The van der Waals surface area contributed by atoms with Gasteiger partial charge in [0.25, 0.3) is 5.91 Å². The van der Waals surface area contributed by atoms with Gasteiger partial charge in [-0.25, -0.2) is 0 Å². The molecule has 23 heavy (non-hydrogen) atoms. The molecule has 1 saturated carbocycles. The second kappa shape index (κ2) is 7.13. The molecule has 0 aromatic carbocycles. The molecule has 7 heteroatoms. The Morgan fingerprint density at radius 3 is 2.91 bits per heavy atom. The van der Waals surface area contributed by atoms with Crippen molar-refractivity contribution in [3.8, 4) is 5.88 Å². The number of anilines is 1. The van der Waals surface area contributed by atoms with Crippen LogP contribution >= 0.6 is 0 Å². The van der Waals surface area contributed by atoms with Gasteiger partial charge in [0.1, 0.15) is 11.6 Å². The predicted octanol–water partition coefficient (Wildman–Crippen LogP) is 2.35. The minimum Gasteiger partial charge on any atom is -0.476 e. The van der Waals surface area contributed by atoms with Crippen molar-refractivity contribution < 1.29 is 13.9 Å². The molecule has 3 N–H and O–H groups in total. The summed E-state index contributed by atoms with van der Waals surface area (Å²) in [6.45, 7) is 1.08. The highest BCUT2D eigenvalue weighted by Gasteiger charge is 2.16. The van der Waals surface area contributed by atoms with E-state index in [-0.39, 0.29) is 5.76 Å². The Kier molecular flexibility index (Phi) is 4.75. The number of furan rings is 1. The van der Waals surface area contributed by atoms with E-state index < -0.39 is 5.91 Å². The molecule has 2 heterocycles. The topological polar surface area (TPSA) is 103 Å². The summed E-state index contributed by atoms with van der Waals surface area (Å²) in [5, 5.41) is 3.08. The van der Waals surface area contributed by atoms with Gasteiger partial charge in [-0.05, 0) is 30.9 Å². The number of amides is 1. The summed E-state index contributed by atoms with van der Waals surface area (Å²) < 4.78 is 11.0. The SMILES string of the molecule is NC(=O)c1ccc(CNc2cncc(OCC3CCCC3)n2)o1. The first-order chi connectivity index (χ1) is 11.2. The number of rotatable bonds is 7. The molecule has 2 aromatic heterocycles. The van der Waals surface area contributed by atoms with E-state index in [4.69, 9.17) is 14.9 Å². The number of nitrogens with zero attached hydrogens (tertiary/aromatic N) is 2. The quantitative estimate of drug-likeness (QED) is 0.812. The van der Waals surface area contributed by atoms with E-state index in [0.29, 0.717) is 36.5 Å². The highest BCUT2D eigenvalue weighted by atomic mass is 16.5. The van der Waals surface area contributed by atoms with Crippen LogP contribution in [0.2, 0.25) is 0 Å².